The lowest BCUT2D eigenvalue weighted by atomic mass is 9.97. The second-order valence-electron chi connectivity index (χ2n) is 3.14. The van der Waals surface area contributed by atoms with E-state index >= 15 is 0 Å². The van der Waals surface area contributed by atoms with Gasteiger partial charge in [0.15, 0.2) is 0 Å². The molecule has 0 aliphatic carbocycles. The number of fused-ring (bicyclic) bond motifs is 5. The van der Waals surface area contributed by atoms with Crippen LogP contribution in [0.2, 0.25) is 0 Å². The molecule has 0 aromatic heterocycles. The number of hydrogen-bond donors (Lipinski definition) is 0. The molecule has 2 aliphatic rings. The fourth-order valence-corrected chi connectivity index (χ4v) is 1.86. The Morgan fingerprint density at radius 1 is 1.08 bits per heavy atom. The summed E-state index contributed by atoms with van der Waals surface area (Å²) >= 11 is 0. The lowest BCUT2D eigenvalue weighted by Gasteiger charge is -2.05. The number of ether oxygens (including phenoxy) is 1. The number of halogens is 1. The molecule has 0 N–H and O–H groups in total. The van der Waals surface area contributed by atoms with Gasteiger partial charge in [-0.2, -0.15) is 0 Å². The van der Waals surface area contributed by atoms with Crippen molar-refractivity contribution in [2.24, 2.45) is 0 Å². The predicted molar refractivity (Wildman–Crippen MR) is 42.1 cm³/mol. The Morgan fingerprint density at radius 2 is 1.83 bits per heavy atom. The number of hydrogen-bond acceptors (Lipinski definition) is 1. The fraction of sp³-hybridized carbons (Fsp3) is 0.200. The summed E-state index contributed by atoms with van der Waals surface area (Å²) in [6, 6.07) is 4.85. The molecule has 2 unspecified atom stereocenters. The van der Waals surface area contributed by atoms with Gasteiger partial charge >= 0.3 is 0 Å². The smallest absolute Gasteiger partial charge is 0.123 e. The maximum Gasteiger partial charge on any atom is 0.123 e. The minimum Gasteiger partial charge on any atom is -0.357 e. The summed E-state index contributed by atoms with van der Waals surface area (Å²) in [5, 5.41) is 0. The molecule has 0 amide bonds. The van der Waals surface area contributed by atoms with E-state index < -0.39 is 0 Å². The van der Waals surface area contributed by atoms with Crippen molar-refractivity contribution in [1.29, 1.82) is 0 Å². The fourth-order valence-electron chi connectivity index (χ4n) is 1.86. The monoisotopic (exact) mass is 162 g/mol. The molecule has 0 saturated carbocycles. The van der Waals surface area contributed by atoms with Crippen molar-refractivity contribution in [1.82, 2.24) is 0 Å². The minimum atomic E-state index is -0.182. The number of rotatable bonds is 0. The zero-order chi connectivity index (χ0) is 8.13. The van der Waals surface area contributed by atoms with Crippen LogP contribution < -0.4 is 0 Å². The van der Waals surface area contributed by atoms with Crippen LogP contribution in [0.15, 0.2) is 30.4 Å². The molecule has 2 atom stereocenters. The van der Waals surface area contributed by atoms with E-state index in [1.165, 1.54) is 6.07 Å². The Morgan fingerprint density at radius 3 is 2.67 bits per heavy atom. The van der Waals surface area contributed by atoms with Crippen molar-refractivity contribution >= 4 is 0 Å². The zero-order valence-corrected chi connectivity index (χ0v) is 6.33. The van der Waals surface area contributed by atoms with Crippen molar-refractivity contribution < 1.29 is 9.13 Å². The molecule has 2 heterocycles. The Bertz CT molecular complexity index is 370. The van der Waals surface area contributed by atoms with Gasteiger partial charge in [0, 0.05) is 0 Å². The van der Waals surface area contributed by atoms with Gasteiger partial charge in [0.05, 0.1) is 0 Å². The zero-order valence-electron chi connectivity index (χ0n) is 6.33. The first-order valence-corrected chi connectivity index (χ1v) is 3.98. The minimum absolute atomic E-state index is 0.000648. The van der Waals surface area contributed by atoms with Crippen LogP contribution in [0.5, 0.6) is 0 Å². The Balaban J connectivity index is 2.24. The van der Waals surface area contributed by atoms with E-state index in [4.69, 9.17) is 4.74 Å². The summed E-state index contributed by atoms with van der Waals surface area (Å²) in [7, 11) is 0. The maximum absolute atomic E-state index is 12.8. The van der Waals surface area contributed by atoms with Gasteiger partial charge in [-0.05, 0) is 23.3 Å². The third kappa shape index (κ3) is 0.655. The highest BCUT2D eigenvalue weighted by atomic mass is 19.1. The van der Waals surface area contributed by atoms with Crippen molar-refractivity contribution in [3.63, 3.8) is 0 Å². The molecular weight excluding hydrogens is 155 g/mol. The van der Waals surface area contributed by atoms with E-state index in [0.717, 1.165) is 11.1 Å². The summed E-state index contributed by atoms with van der Waals surface area (Å²) in [4.78, 5) is 0. The van der Waals surface area contributed by atoms with Gasteiger partial charge in [-0.1, -0.05) is 18.2 Å². The van der Waals surface area contributed by atoms with Gasteiger partial charge in [0.2, 0.25) is 0 Å². The van der Waals surface area contributed by atoms with Crippen LogP contribution in [0.1, 0.15) is 23.3 Å². The van der Waals surface area contributed by atoms with E-state index in [2.05, 4.69) is 0 Å². The van der Waals surface area contributed by atoms with Crippen molar-refractivity contribution in [3.05, 3.63) is 47.3 Å². The van der Waals surface area contributed by atoms with E-state index in [-0.39, 0.29) is 18.0 Å². The normalized spacial score (nSPS) is 29.4. The molecular formula is C10H7FO. The molecule has 60 valence electrons. The van der Waals surface area contributed by atoms with Gasteiger partial charge < -0.3 is 4.74 Å². The van der Waals surface area contributed by atoms with Crippen molar-refractivity contribution in [2.45, 2.75) is 12.2 Å². The molecule has 0 saturated heterocycles. The predicted octanol–water partition coefficient (Wildman–Crippen LogP) is 2.51. The standard InChI is InChI=1S/C10H7FO/c11-6-1-2-7-8(5-6)10-4-3-9(7)12-10/h1-5,9-10H. The lowest BCUT2D eigenvalue weighted by molar-refractivity contribution is 0.0878. The third-order valence-corrected chi connectivity index (χ3v) is 2.42. The van der Waals surface area contributed by atoms with E-state index in [1.54, 1.807) is 12.1 Å². The lowest BCUT2D eigenvalue weighted by Crippen LogP contribution is -1.92. The third-order valence-electron chi connectivity index (χ3n) is 2.42. The largest absolute Gasteiger partial charge is 0.357 e. The second kappa shape index (κ2) is 1.96. The quantitative estimate of drug-likeness (QED) is 0.532. The van der Waals surface area contributed by atoms with Gasteiger partial charge in [0.1, 0.15) is 18.0 Å². The van der Waals surface area contributed by atoms with E-state index in [9.17, 15) is 4.39 Å². The first-order chi connectivity index (χ1) is 5.84. The molecule has 2 aliphatic heterocycles. The van der Waals surface area contributed by atoms with Crippen molar-refractivity contribution in [3.8, 4) is 0 Å². The van der Waals surface area contributed by atoms with E-state index in [1.807, 2.05) is 12.2 Å². The molecule has 1 aromatic rings. The SMILES string of the molecule is Fc1ccc2c(c1)C1C=CC2O1. The Hall–Kier alpha value is -1.15. The summed E-state index contributed by atoms with van der Waals surface area (Å²) < 4.78 is 18.3. The van der Waals surface area contributed by atoms with Crippen LogP contribution in [0.3, 0.4) is 0 Å². The first-order valence-electron chi connectivity index (χ1n) is 3.98. The molecule has 2 heteroatoms. The maximum atomic E-state index is 12.8. The van der Waals surface area contributed by atoms with Crippen LogP contribution in [0.4, 0.5) is 4.39 Å². The topological polar surface area (TPSA) is 9.23 Å². The molecule has 1 nitrogen and oxygen atoms in total. The average molecular weight is 162 g/mol. The highest BCUT2D eigenvalue weighted by molar-refractivity contribution is 5.42. The number of benzene rings is 1. The van der Waals surface area contributed by atoms with Crippen LogP contribution >= 0.6 is 0 Å². The Labute approximate surface area is 69.5 Å². The van der Waals surface area contributed by atoms with Gasteiger partial charge in [0.25, 0.3) is 0 Å². The molecule has 12 heavy (non-hydrogen) atoms. The second-order valence-corrected chi connectivity index (χ2v) is 3.14. The average Bonchev–Trinajstić information content (AvgIpc) is 2.63. The Kier molecular flexibility index (Phi) is 1.04. The van der Waals surface area contributed by atoms with Gasteiger partial charge in [-0.3, -0.25) is 0 Å². The summed E-state index contributed by atoms with van der Waals surface area (Å²) in [5.41, 5.74) is 2.10. The van der Waals surface area contributed by atoms with Crippen LogP contribution in [-0.4, -0.2) is 0 Å². The highest BCUT2D eigenvalue weighted by Gasteiger charge is 2.33. The van der Waals surface area contributed by atoms with Crippen LogP contribution in [-0.2, 0) is 4.74 Å². The van der Waals surface area contributed by atoms with E-state index in [0.29, 0.717) is 0 Å². The van der Waals surface area contributed by atoms with Gasteiger partial charge in [-0.15, -0.1) is 0 Å². The summed E-state index contributed by atoms with van der Waals surface area (Å²) in [5.74, 6) is -0.182. The van der Waals surface area contributed by atoms with Gasteiger partial charge in [-0.25, -0.2) is 4.39 Å². The van der Waals surface area contributed by atoms with Crippen molar-refractivity contribution in [2.75, 3.05) is 0 Å². The molecule has 0 fully saturated rings. The highest BCUT2D eigenvalue weighted by Crippen LogP contribution is 2.45. The molecule has 0 spiro atoms. The first kappa shape index (κ1) is 6.38. The molecule has 1 aromatic carbocycles. The molecule has 2 bridgehead atoms. The van der Waals surface area contributed by atoms with Crippen LogP contribution in [0.25, 0.3) is 0 Å². The van der Waals surface area contributed by atoms with Crippen LogP contribution in [0, 0.1) is 5.82 Å². The molecule has 0 radical (unpaired) electrons. The summed E-state index contributed by atoms with van der Waals surface area (Å²) in [6.45, 7) is 0. The molecule has 3 rings (SSSR count). The summed E-state index contributed by atoms with van der Waals surface area (Å²) in [6.07, 6.45) is 4.07.